The topological polar surface area (TPSA) is 116 Å². The van der Waals surface area contributed by atoms with Crippen molar-refractivity contribution < 1.29 is 13.5 Å². The van der Waals surface area contributed by atoms with Gasteiger partial charge >= 0.3 is 0 Å². The number of aliphatic hydroxyl groups excluding tert-OH is 1. The molecule has 3 aromatic rings. The van der Waals surface area contributed by atoms with Gasteiger partial charge in [-0.15, -0.1) is 10.2 Å². The Bertz CT molecular complexity index is 1320. The molecule has 2 aromatic carbocycles. The minimum Gasteiger partial charge on any atom is -0.506 e. The summed E-state index contributed by atoms with van der Waals surface area (Å²) in [5.41, 5.74) is 1.24. The standard InChI is InChI=1S/C20H16BrClN4O3S2/c1-11(27)17(23)16(21)18(24-15-9-4-3-8-14(15)22)20-26-25-19(30-20)12-6-5-7-13(10-12)31(2,28)29/h3-10,23-24,27H,1H2,2H3/b18-16+,23-17?. The lowest BCUT2D eigenvalue weighted by molar-refractivity contribution is 0.446. The van der Waals surface area contributed by atoms with Gasteiger partial charge in [0.2, 0.25) is 0 Å². The van der Waals surface area contributed by atoms with Crippen LogP contribution in [-0.2, 0) is 9.84 Å². The molecule has 160 valence electrons. The SMILES string of the molecule is C=C(O)C(=N)/C(Br)=C(\Nc1ccccc1Cl)c1nnc(-c2cccc(S(C)(=O)=O)c2)s1. The van der Waals surface area contributed by atoms with Gasteiger partial charge in [-0.05, 0) is 40.2 Å². The average molecular weight is 540 g/mol. The second-order valence-corrected chi connectivity index (χ2v) is 10.5. The van der Waals surface area contributed by atoms with E-state index in [0.29, 0.717) is 32.0 Å². The molecule has 0 saturated heterocycles. The van der Waals surface area contributed by atoms with Crippen LogP contribution in [0.1, 0.15) is 5.01 Å². The van der Waals surface area contributed by atoms with Crippen molar-refractivity contribution in [2.75, 3.05) is 11.6 Å². The van der Waals surface area contributed by atoms with E-state index in [2.05, 4.69) is 38.0 Å². The number of sulfone groups is 1. The third-order valence-corrected chi connectivity index (χ3v) is 7.23. The number of rotatable bonds is 7. The number of para-hydroxylation sites is 1. The van der Waals surface area contributed by atoms with Crippen LogP contribution in [0.25, 0.3) is 16.3 Å². The Kier molecular flexibility index (Phi) is 6.95. The zero-order valence-corrected chi connectivity index (χ0v) is 20.0. The maximum atomic E-state index is 11.9. The molecule has 3 N–H and O–H groups in total. The molecular weight excluding hydrogens is 524 g/mol. The Balaban J connectivity index is 2.09. The molecule has 0 radical (unpaired) electrons. The summed E-state index contributed by atoms with van der Waals surface area (Å²) in [5, 5.41) is 30.5. The fraction of sp³-hybridized carbons (Fsp3) is 0.0500. The Hall–Kier alpha value is -2.53. The van der Waals surface area contributed by atoms with E-state index in [-0.39, 0.29) is 15.1 Å². The van der Waals surface area contributed by atoms with Crippen molar-refractivity contribution in [1.29, 1.82) is 5.41 Å². The van der Waals surface area contributed by atoms with Crippen molar-refractivity contribution in [1.82, 2.24) is 10.2 Å². The van der Waals surface area contributed by atoms with E-state index in [1.54, 1.807) is 36.4 Å². The molecule has 0 spiro atoms. The smallest absolute Gasteiger partial charge is 0.175 e. The van der Waals surface area contributed by atoms with Crippen molar-refractivity contribution >= 4 is 65.8 Å². The summed E-state index contributed by atoms with van der Waals surface area (Å²) < 4.78 is 23.9. The number of benzene rings is 2. The molecule has 11 heteroatoms. The number of halogens is 2. The molecule has 1 heterocycles. The van der Waals surface area contributed by atoms with Gasteiger partial charge in [0, 0.05) is 11.8 Å². The minimum absolute atomic E-state index is 0.172. The van der Waals surface area contributed by atoms with Crippen LogP contribution in [0.3, 0.4) is 0 Å². The summed E-state index contributed by atoms with van der Waals surface area (Å²) in [7, 11) is -3.38. The third kappa shape index (κ3) is 5.40. The van der Waals surface area contributed by atoms with Crippen molar-refractivity contribution in [3.8, 4) is 10.6 Å². The summed E-state index contributed by atoms with van der Waals surface area (Å²) in [5.74, 6) is -0.434. The van der Waals surface area contributed by atoms with E-state index in [9.17, 15) is 13.5 Å². The summed E-state index contributed by atoms with van der Waals surface area (Å²) in [4.78, 5) is 0.172. The molecule has 7 nitrogen and oxygen atoms in total. The molecule has 0 atom stereocenters. The number of aliphatic hydroxyl groups is 1. The number of nitrogens with one attached hydrogen (secondary N) is 2. The molecule has 1 aromatic heterocycles. The van der Waals surface area contributed by atoms with Crippen molar-refractivity contribution in [2.24, 2.45) is 0 Å². The first kappa shape index (κ1) is 23.1. The molecule has 0 saturated carbocycles. The normalized spacial score (nSPS) is 12.2. The van der Waals surface area contributed by atoms with Crippen LogP contribution in [0, 0.1) is 5.41 Å². The van der Waals surface area contributed by atoms with Crippen LogP contribution >= 0.6 is 38.9 Å². The van der Waals surface area contributed by atoms with Gasteiger partial charge in [0.05, 0.1) is 25.8 Å². The molecule has 3 rings (SSSR count). The van der Waals surface area contributed by atoms with Crippen molar-refractivity contribution in [3.05, 3.63) is 75.4 Å². The quantitative estimate of drug-likeness (QED) is 0.269. The maximum absolute atomic E-state index is 11.9. The Labute approximate surface area is 196 Å². The zero-order chi connectivity index (χ0) is 22.8. The van der Waals surface area contributed by atoms with Crippen molar-refractivity contribution in [2.45, 2.75) is 4.90 Å². The van der Waals surface area contributed by atoms with Gasteiger partial charge < -0.3 is 10.4 Å². The van der Waals surface area contributed by atoms with E-state index >= 15 is 0 Å². The molecule has 0 aliphatic heterocycles. The molecule has 0 aliphatic rings. The van der Waals surface area contributed by atoms with E-state index in [4.69, 9.17) is 17.0 Å². The largest absolute Gasteiger partial charge is 0.506 e. The van der Waals surface area contributed by atoms with Crippen LogP contribution in [0.4, 0.5) is 5.69 Å². The average Bonchev–Trinajstić information content (AvgIpc) is 3.21. The predicted molar refractivity (Wildman–Crippen MR) is 129 cm³/mol. The van der Waals surface area contributed by atoms with E-state index in [0.717, 1.165) is 6.26 Å². The summed E-state index contributed by atoms with van der Waals surface area (Å²) in [6.45, 7) is 3.39. The molecular formula is C20H16BrClN4O3S2. The summed E-state index contributed by atoms with van der Waals surface area (Å²) in [6, 6.07) is 13.4. The van der Waals surface area contributed by atoms with Crippen molar-refractivity contribution in [3.63, 3.8) is 0 Å². The summed E-state index contributed by atoms with van der Waals surface area (Å²) in [6.07, 6.45) is 1.14. The predicted octanol–water partition coefficient (Wildman–Crippen LogP) is 5.53. The fourth-order valence-electron chi connectivity index (χ4n) is 2.45. The van der Waals surface area contributed by atoms with Crippen LogP contribution in [0.15, 0.2) is 70.2 Å². The maximum Gasteiger partial charge on any atom is 0.175 e. The minimum atomic E-state index is -3.38. The third-order valence-electron chi connectivity index (χ3n) is 4.01. The highest BCUT2D eigenvalue weighted by atomic mass is 79.9. The first-order chi connectivity index (χ1) is 14.6. The lowest BCUT2D eigenvalue weighted by atomic mass is 10.2. The van der Waals surface area contributed by atoms with Gasteiger partial charge in [-0.1, -0.05) is 53.8 Å². The second kappa shape index (κ2) is 9.31. The van der Waals surface area contributed by atoms with Crippen LogP contribution in [-0.4, -0.2) is 35.7 Å². The van der Waals surface area contributed by atoms with Crippen LogP contribution in [0.5, 0.6) is 0 Å². The molecule has 0 amide bonds. The van der Waals surface area contributed by atoms with Gasteiger partial charge in [0.25, 0.3) is 0 Å². The first-order valence-corrected chi connectivity index (χ1v) is 12.5. The number of aromatic nitrogens is 2. The van der Waals surface area contributed by atoms with Gasteiger partial charge in [0.1, 0.15) is 16.5 Å². The molecule has 0 aliphatic carbocycles. The highest BCUT2D eigenvalue weighted by molar-refractivity contribution is 9.12. The molecule has 0 unspecified atom stereocenters. The molecule has 0 bridgehead atoms. The van der Waals surface area contributed by atoms with Crippen LogP contribution in [0.2, 0.25) is 5.02 Å². The Morgan fingerprint density at radius 2 is 1.94 bits per heavy atom. The van der Waals surface area contributed by atoms with Gasteiger partial charge in [-0.25, -0.2) is 8.42 Å². The fourth-order valence-corrected chi connectivity index (χ4v) is 4.80. The highest BCUT2D eigenvalue weighted by Gasteiger charge is 2.20. The number of hydrogen-bond donors (Lipinski definition) is 3. The zero-order valence-electron chi connectivity index (χ0n) is 16.1. The number of nitrogens with zero attached hydrogens (tertiary/aromatic N) is 2. The molecule has 31 heavy (non-hydrogen) atoms. The van der Waals surface area contributed by atoms with Gasteiger partial charge in [-0.2, -0.15) is 0 Å². The Morgan fingerprint density at radius 3 is 2.58 bits per heavy atom. The first-order valence-electron chi connectivity index (χ1n) is 8.61. The lowest BCUT2D eigenvalue weighted by Gasteiger charge is -2.13. The van der Waals surface area contributed by atoms with Gasteiger partial charge in [0.15, 0.2) is 14.8 Å². The van der Waals surface area contributed by atoms with E-state index in [1.165, 1.54) is 23.5 Å². The van der Waals surface area contributed by atoms with E-state index < -0.39 is 15.6 Å². The number of allylic oxidation sites excluding steroid dienone is 1. The number of hydrogen-bond acceptors (Lipinski definition) is 8. The van der Waals surface area contributed by atoms with Gasteiger partial charge in [-0.3, -0.25) is 5.41 Å². The summed E-state index contributed by atoms with van der Waals surface area (Å²) >= 11 is 10.8. The van der Waals surface area contributed by atoms with Crippen LogP contribution < -0.4 is 5.32 Å². The number of anilines is 1. The monoisotopic (exact) mass is 538 g/mol. The molecule has 0 fully saturated rings. The lowest BCUT2D eigenvalue weighted by Crippen LogP contribution is -2.08. The van der Waals surface area contributed by atoms with E-state index in [1.807, 2.05) is 0 Å². The second-order valence-electron chi connectivity index (χ2n) is 6.33. The Morgan fingerprint density at radius 1 is 1.23 bits per heavy atom. The highest BCUT2D eigenvalue weighted by Crippen LogP contribution is 2.34.